The highest BCUT2D eigenvalue weighted by Gasteiger charge is 2.41. The predicted octanol–water partition coefficient (Wildman–Crippen LogP) is 0.565. The van der Waals surface area contributed by atoms with Gasteiger partial charge in [-0.3, -0.25) is 14.6 Å². The van der Waals surface area contributed by atoms with Crippen LogP contribution in [0.4, 0.5) is 0 Å². The first-order valence-corrected chi connectivity index (χ1v) is 8.07. The third-order valence-corrected chi connectivity index (χ3v) is 4.74. The molecule has 2 fully saturated rings. The van der Waals surface area contributed by atoms with Crippen LogP contribution in [0, 0.1) is 5.92 Å². The van der Waals surface area contributed by atoms with E-state index in [-0.39, 0.29) is 17.9 Å². The molecular formula is C17H25N3O2. The maximum Gasteiger partial charge on any atom is 0.311 e. The maximum absolute atomic E-state index is 12.2. The van der Waals surface area contributed by atoms with E-state index in [1.165, 1.54) is 12.7 Å². The Kier molecular flexibility index (Phi) is 5.08. The predicted molar refractivity (Wildman–Crippen MR) is 85.5 cm³/mol. The first-order chi connectivity index (χ1) is 10.8. The number of hydrogen-bond acceptors (Lipinski definition) is 5. The molecule has 120 valence electrons. The summed E-state index contributed by atoms with van der Waals surface area (Å²) in [5, 5.41) is 3.38. The van der Waals surface area contributed by atoms with Crippen LogP contribution < -0.4 is 5.32 Å². The Labute approximate surface area is 132 Å². The van der Waals surface area contributed by atoms with Crippen LogP contribution in [0.3, 0.4) is 0 Å². The van der Waals surface area contributed by atoms with Gasteiger partial charge in [-0.25, -0.2) is 0 Å². The Hall–Kier alpha value is -1.43. The minimum absolute atomic E-state index is 0.0354. The van der Waals surface area contributed by atoms with Gasteiger partial charge in [-0.05, 0) is 5.56 Å². The SMILES string of the molecule is COC(=O)[C@@H]1CN(Cc2ccccc2)C[C@H]1N1CCNCC1. The second kappa shape index (κ2) is 7.22. The second-order valence-corrected chi connectivity index (χ2v) is 6.16. The van der Waals surface area contributed by atoms with Gasteiger partial charge in [-0.2, -0.15) is 0 Å². The number of carbonyl (C=O) groups excluding carboxylic acids is 1. The number of hydrogen-bond donors (Lipinski definition) is 1. The molecule has 2 heterocycles. The molecule has 2 aliphatic heterocycles. The fraction of sp³-hybridized carbons (Fsp3) is 0.588. The Morgan fingerprint density at radius 1 is 1.23 bits per heavy atom. The lowest BCUT2D eigenvalue weighted by molar-refractivity contribution is -0.146. The Morgan fingerprint density at radius 3 is 2.64 bits per heavy atom. The molecule has 0 bridgehead atoms. The van der Waals surface area contributed by atoms with Crippen LogP contribution in [0.25, 0.3) is 0 Å². The number of nitrogens with one attached hydrogen (secondary N) is 1. The molecule has 3 rings (SSSR count). The van der Waals surface area contributed by atoms with Crippen LogP contribution >= 0.6 is 0 Å². The van der Waals surface area contributed by atoms with Crippen molar-refractivity contribution in [3.8, 4) is 0 Å². The highest BCUT2D eigenvalue weighted by atomic mass is 16.5. The number of piperazine rings is 1. The van der Waals surface area contributed by atoms with E-state index in [1.807, 2.05) is 6.07 Å². The third kappa shape index (κ3) is 3.48. The standard InChI is InChI=1S/C17H25N3O2/c1-22-17(21)15-12-19(11-14-5-3-2-4-6-14)13-16(15)20-9-7-18-8-10-20/h2-6,15-16,18H,7-13H2,1H3/t15-,16-/m1/s1. The zero-order valence-electron chi connectivity index (χ0n) is 13.2. The summed E-state index contributed by atoms with van der Waals surface area (Å²) >= 11 is 0. The van der Waals surface area contributed by atoms with Gasteiger partial charge in [0, 0.05) is 51.9 Å². The fourth-order valence-corrected chi connectivity index (χ4v) is 3.60. The van der Waals surface area contributed by atoms with Crippen LogP contribution in [-0.4, -0.2) is 68.2 Å². The zero-order chi connectivity index (χ0) is 15.4. The lowest BCUT2D eigenvalue weighted by atomic mass is 10.0. The highest BCUT2D eigenvalue weighted by molar-refractivity contribution is 5.74. The molecule has 1 N–H and O–H groups in total. The van der Waals surface area contributed by atoms with Crippen LogP contribution in [0.15, 0.2) is 30.3 Å². The largest absolute Gasteiger partial charge is 0.469 e. The monoisotopic (exact) mass is 303 g/mol. The molecule has 1 aromatic carbocycles. The Morgan fingerprint density at radius 2 is 1.95 bits per heavy atom. The highest BCUT2D eigenvalue weighted by Crippen LogP contribution is 2.25. The topological polar surface area (TPSA) is 44.8 Å². The molecule has 0 unspecified atom stereocenters. The van der Waals surface area contributed by atoms with Crippen molar-refractivity contribution in [1.29, 1.82) is 0 Å². The lowest BCUT2D eigenvalue weighted by Crippen LogP contribution is -2.52. The summed E-state index contributed by atoms with van der Waals surface area (Å²) in [6.07, 6.45) is 0. The van der Waals surface area contributed by atoms with Gasteiger partial charge >= 0.3 is 5.97 Å². The molecule has 1 aromatic rings. The van der Waals surface area contributed by atoms with Crippen molar-refractivity contribution >= 4 is 5.97 Å². The normalized spacial score (nSPS) is 27.0. The van der Waals surface area contributed by atoms with E-state index in [9.17, 15) is 4.79 Å². The molecule has 2 atom stereocenters. The number of carbonyl (C=O) groups is 1. The molecule has 0 spiro atoms. The van der Waals surface area contributed by atoms with Gasteiger partial charge in [0.05, 0.1) is 13.0 Å². The maximum atomic E-state index is 12.2. The molecular weight excluding hydrogens is 278 g/mol. The molecule has 0 aromatic heterocycles. The first-order valence-electron chi connectivity index (χ1n) is 8.07. The van der Waals surface area contributed by atoms with Crippen molar-refractivity contribution in [3.05, 3.63) is 35.9 Å². The van der Waals surface area contributed by atoms with Gasteiger partial charge in [-0.15, -0.1) is 0 Å². The van der Waals surface area contributed by atoms with E-state index in [0.29, 0.717) is 0 Å². The van der Waals surface area contributed by atoms with E-state index < -0.39 is 0 Å². The molecule has 2 saturated heterocycles. The molecule has 5 nitrogen and oxygen atoms in total. The summed E-state index contributed by atoms with van der Waals surface area (Å²) in [7, 11) is 1.50. The van der Waals surface area contributed by atoms with Crippen molar-refractivity contribution < 1.29 is 9.53 Å². The fourth-order valence-electron chi connectivity index (χ4n) is 3.60. The number of esters is 1. The molecule has 0 amide bonds. The average molecular weight is 303 g/mol. The van der Waals surface area contributed by atoms with Gasteiger partial charge in [0.15, 0.2) is 0 Å². The van der Waals surface area contributed by atoms with E-state index in [4.69, 9.17) is 4.74 Å². The van der Waals surface area contributed by atoms with E-state index >= 15 is 0 Å². The summed E-state index contributed by atoms with van der Waals surface area (Å²) in [4.78, 5) is 17.0. The van der Waals surface area contributed by atoms with Crippen LogP contribution in [0.5, 0.6) is 0 Å². The zero-order valence-corrected chi connectivity index (χ0v) is 13.2. The summed E-state index contributed by atoms with van der Waals surface area (Å²) in [6.45, 7) is 6.66. The minimum atomic E-state index is -0.0703. The van der Waals surface area contributed by atoms with Gasteiger partial charge in [-0.1, -0.05) is 30.3 Å². The number of ether oxygens (including phenoxy) is 1. The van der Waals surface area contributed by atoms with Crippen LogP contribution in [-0.2, 0) is 16.1 Å². The summed E-state index contributed by atoms with van der Waals surface area (Å²) in [6, 6.07) is 10.7. The molecule has 22 heavy (non-hydrogen) atoms. The number of benzene rings is 1. The van der Waals surface area contributed by atoms with Crippen molar-refractivity contribution in [2.24, 2.45) is 5.92 Å². The third-order valence-electron chi connectivity index (χ3n) is 4.74. The number of rotatable bonds is 4. The second-order valence-electron chi connectivity index (χ2n) is 6.16. The minimum Gasteiger partial charge on any atom is -0.469 e. The molecule has 0 aliphatic carbocycles. The average Bonchev–Trinajstić information content (AvgIpc) is 3.00. The lowest BCUT2D eigenvalue weighted by Gasteiger charge is -2.34. The van der Waals surface area contributed by atoms with Crippen LogP contribution in [0.2, 0.25) is 0 Å². The molecule has 5 heteroatoms. The summed E-state index contributed by atoms with van der Waals surface area (Å²) in [5.74, 6) is -0.106. The quantitative estimate of drug-likeness (QED) is 0.824. The smallest absolute Gasteiger partial charge is 0.311 e. The Balaban J connectivity index is 1.69. The van der Waals surface area contributed by atoms with Crippen molar-refractivity contribution in [1.82, 2.24) is 15.1 Å². The van der Waals surface area contributed by atoms with Gasteiger partial charge in [0.1, 0.15) is 0 Å². The number of nitrogens with zero attached hydrogens (tertiary/aromatic N) is 2. The molecule has 2 aliphatic rings. The first kappa shape index (κ1) is 15.5. The molecule has 0 saturated carbocycles. The van der Waals surface area contributed by atoms with E-state index in [1.54, 1.807) is 0 Å². The van der Waals surface area contributed by atoms with Crippen molar-refractivity contribution in [2.75, 3.05) is 46.4 Å². The van der Waals surface area contributed by atoms with E-state index in [2.05, 4.69) is 39.4 Å². The Bertz CT molecular complexity index is 488. The van der Waals surface area contributed by atoms with Gasteiger partial charge in [0.2, 0.25) is 0 Å². The van der Waals surface area contributed by atoms with E-state index in [0.717, 1.165) is 45.8 Å². The van der Waals surface area contributed by atoms with Gasteiger partial charge in [0.25, 0.3) is 0 Å². The van der Waals surface area contributed by atoms with Crippen molar-refractivity contribution in [2.45, 2.75) is 12.6 Å². The van der Waals surface area contributed by atoms with Crippen molar-refractivity contribution in [3.63, 3.8) is 0 Å². The molecule has 0 radical (unpaired) electrons. The number of likely N-dealkylation sites (tertiary alicyclic amines) is 1. The van der Waals surface area contributed by atoms with Gasteiger partial charge < -0.3 is 10.1 Å². The summed E-state index contributed by atoms with van der Waals surface area (Å²) in [5.41, 5.74) is 1.30. The summed E-state index contributed by atoms with van der Waals surface area (Å²) < 4.78 is 5.05. The van der Waals surface area contributed by atoms with Crippen LogP contribution in [0.1, 0.15) is 5.56 Å². The number of methoxy groups -OCH3 is 1.